The summed E-state index contributed by atoms with van der Waals surface area (Å²) in [6.45, 7) is 1.31. The van der Waals surface area contributed by atoms with E-state index in [0.29, 0.717) is 37.6 Å². The number of nitrogens with zero attached hydrogens (tertiary/aromatic N) is 4. The smallest absolute Gasteiger partial charge is 0.433 e. The Morgan fingerprint density at radius 3 is 2.53 bits per heavy atom. The lowest BCUT2D eigenvalue weighted by atomic mass is 10.2. The number of urea groups is 1. The van der Waals surface area contributed by atoms with Gasteiger partial charge in [-0.15, -0.1) is 0 Å². The lowest BCUT2D eigenvalue weighted by Crippen LogP contribution is -2.53. The monoisotopic (exact) mass is 509 g/mol. The molecule has 0 spiro atoms. The van der Waals surface area contributed by atoms with Crippen LogP contribution < -0.4 is 10.1 Å². The maximum Gasteiger partial charge on any atom is 0.433 e. The van der Waals surface area contributed by atoms with Crippen molar-refractivity contribution < 1.29 is 36.7 Å². The largest absolute Gasteiger partial charge is 0.492 e. The van der Waals surface area contributed by atoms with E-state index in [1.807, 2.05) is 4.90 Å². The Hall–Kier alpha value is -3.74. The molecule has 1 unspecified atom stereocenters. The van der Waals surface area contributed by atoms with Crippen LogP contribution in [0.5, 0.6) is 5.75 Å². The standard InChI is InChI=1S/C23H23F4N5O4/c24-16-2-4-17(5-3-16)36-10-9-30-7-8-31-18(13-30)21(34)32(22(31)35)14-20(33)29-12-15-1-6-19(28-11-15)23(25,26)27/h1-6,11,18H,7-10,12-14H2,(H,29,33). The molecule has 2 aliphatic rings. The van der Waals surface area contributed by atoms with Gasteiger partial charge < -0.3 is 15.0 Å². The molecule has 13 heteroatoms. The lowest BCUT2D eigenvalue weighted by molar-refractivity contribution is -0.141. The number of amides is 4. The number of hydrogen-bond acceptors (Lipinski definition) is 6. The van der Waals surface area contributed by atoms with Crippen LogP contribution >= 0.6 is 0 Å². The molecule has 1 N–H and O–H groups in total. The van der Waals surface area contributed by atoms with Gasteiger partial charge in [0.25, 0.3) is 5.91 Å². The van der Waals surface area contributed by atoms with Gasteiger partial charge in [0.2, 0.25) is 5.91 Å². The predicted molar refractivity (Wildman–Crippen MR) is 117 cm³/mol. The molecule has 0 saturated carbocycles. The molecule has 3 heterocycles. The van der Waals surface area contributed by atoms with Gasteiger partial charge >= 0.3 is 12.2 Å². The number of alkyl halides is 3. The van der Waals surface area contributed by atoms with Crippen LogP contribution in [0.2, 0.25) is 0 Å². The Morgan fingerprint density at radius 1 is 1.11 bits per heavy atom. The number of benzene rings is 1. The van der Waals surface area contributed by atoms with Crippen molar-refractivity contribution in [2.24, 2.45) is 0 Å². The Kier molecular flexibility index (Phi) is 7.38. The zero-order valence-electron chi connectivity index (χ0n) is 19.0. The molecule has 1 aromatic heterocycles. The fraction of sp³-hybridized carbons (Fsp3) is 0.391. The molecular weight excluding hydrogens is 486 g/mol. The molecule has 192 valence electrons. The van der Waals surface area contributed by atoms with Gasteiger partial charge in [0.15, 0.2) is 0 Å². The molecule has 2 aromatic rings. The average Bonchev–Trinajstić information content (AvgIpc) is 3.08. The summed E-state index contributed by atoms with van der Waals surface area (Å²) in [4.78, 5) is 45.4. The second-order valence-corrected chi connectivity index (χ2v) is 8.35. The van der Waals surface area contributed by atoms with E-state index in [1.165, 1.54) is 35.2 Å². The van der Waals surface area contributed by atoms with E-state index in [9.17, 15) is 31.9 Å². The third-order valence-corrected chi connectivity index (χ3v) is 5.89. The first-order valence-corrected chi connectivity index (χ1v) is 11.1. The maximum atomic E-state index is 13.0. The number of aromatic nitrogens is 1. The number of imide groups is 1. The van der Waals surface area contributed by atoms with Crippen LogP contribution in [0, 0.1) is 5.82 Å². The number of hydrogen-bond donors (Lipinski definition) is 1. The number of rotatable bonds is 8. The number of ether oxygens (including phenoxy) is 1. The van der Waals surface area contributed by atoms with Crippen LogP contribution in [0.15, 0.2) is 42.6 Å². The Bertz CT molecular complexity index is 1110. The van der Waals surface area contributed by atoms with Crippen LogP contribution in [0.1, 0.15) is 11.3 Å². The van der Waals surface area contributed by atoms with Crippen molar-refractivity contribution in [2.45, 2.75) is 18.8 Å². The van der Waals surface area contributed by atoms with E-state index in [2.05, 4.69) is 10.3 Å². The van der Waals surface area contributed by atoms with Crippen LogP contribution in [-0.4, -0.2) is 82.9 Å². The molecule has 4 rings (SSSR count). The summed E-state index contributed by atoms with van der Waals surface area (Å²) in [5.41, 5.74) is -0.704. The van der Waals surface area contributed by atoms with E-state index in [0.717, 1.165) is 17.2 Å². The average molecular weight is 509 g/mol. The highest BCUT2D eigenvalue weighted by atomic mass is 19.4. The summed E-state index contributed by atoms with van der Waals surface area (Å²) >= 11 is 0. The van der Waals surface area contributed by atoms with E-state index in [4.69, 9.17) is 4.74 Å². The fourth-order valence-corrected chi connectivity index (χ4v) is 3.98. The molecule has 1 atom stereocenters. The van der Waals surface area contributed by atoms with E-state index in [-0.39, 0.29) is 18.9 Å². The fourth-order valence-electron chi connectivity index (χ4n) is 3.98. The van der Waals surface area contributed by atoms with Crippen molar-refractivity contribution in [1.29, 1.82) is 0 Å². The van der Waals surface area contributed by atoms with Gasteiger partial charge in [-0.05, 0) is 35.9 Å². The minimum absolute atomic E-state index is 0.102. The SMILES string of the molecule is O=C(CN1C(=O)C2CN(CCOc3ccc(F)cc3)CCN2C1=O)NCc1ccc(C(F)(F)F)nc1. The van der Waals surface area contributed by atoms with Crippen molar-refractivity contribution in [3.05, 3.63) is 59.7 Å². The first-order valence-electron chi connectivity index (χ1n) is 11.1. The van der Waals surface area contributed by atoms with Crippen molar-refractivity contribution in [1.82, 2.24) is 25.0 Å². The molecular formula is C23H23F4N5O4. The van der Waals surface area contributed by atoms with Gasteiger partial charge in [-0.2, -0.15) is 13.2 Å². The highest BCUT2D eigenvalue weighted by Gasteiger charge is 2.48. The van der Waals surface area contributed by atoms with Crippen molar-refractivity contribution in [3.8, 4) is 5.75 Å². The Labute approximate surface area is 203 Å². The summed E-state index contributed by atoms with van der Waals surface area (Å²) in [5, 5.41) is 2.49. The molecule has 1 aromatic carbocycles. The molecule has 0 bridgehead atoms. The highest BCUT2D eigenvalue weighted by molar-refractivity contribution is 6.06. The quantitative estimate of drug-likeness (QED) is 0.432. The molecule has 4 amide bonds. The molecule has 36 heavy (non-hydrogen) atoms. The minimum Gasteiger partial charge on any atom is -0.492 e. The first kappa shape index (κ1) is 25.4. The van der Waals surface area contributed by atoms with Crippen LogP contribution in [0.4, 0.5) is 22.4 Å². The minimum atomic E-state index is -4.56. The summed E-state index contributed by atoms with van der Waals surface area (Å²) in [6.07, 6.45) is -3.56. The zero-order valence-corrected chi connectivity index (χ0v) is 19.0. The molecule has 0 radical (unpaired) electrons. The second kappa shape index (κ2) is 10.5. The van der Waals surface area contributed by atoms with Crippen molar-refractivity contribution in [2.75, 3.05) is 39.3 Å². The van der Waals surface area contributed by atoms with Gasteiger partial charge in [0.05, 0.1) is 0 Å². The number of carbonyl (C=O) groups excluding carboxylic acids is 3. The number of halogens is 4. The number of fused-ring (bicyclic) bond motifs is 1. The summed E-state index contributed by atoms with van der Waals surface area (Å²) in [7, 11) is 0. The van der Waals surface area contributed by atoms with Gasteiger partial charge in [-0.25, -0.2) is 9.18 Å². The van der Waals surface area contributed by atoms with Gasteiger partial charge in [-0.1, -0.05) is 6.07 Å². The number of pyridine rings is 1. The molecule has 0 aliphatic carbocycles. The Balaban J connectivity index is 1.25. The lowest BCUT2D eigenvalue weighted by Gasteiger charge is -2.35. The van der Waals surface area contributed by atoms with Crippen LogP contribution in [0.25, 0.3) is 0 Å². The topological polar surface area (TPSA) is 95.1 Å². The van der Waals surface area contributed by atoms with E-state index in [1.54, 1.807) is 0 Å². The Morgan fingerprint density at radius 2 is 1.86 bits per heavy atom. The molecule has 2 fully saturated rings. The normalized spacial score (nSPS) is 18.4. The van der Waals surface area contributed by atoms with Crippen molar-refractivity contribution >= 4 is 17.8 Å². The van der Waals surface area contributed by atoms with Crippen LogP contribution in [0.3, 0.4) is 0 Å². The number of piperazine rings is 1. The van der Waals surface area contributed by atoms with Crippen molar-refractivity contribution in [3.63, 3.8) is 0 Å². The summed E-state index contributed by atoms with van der Waals surface area (Å²) < 4.78 is 56.4. The van der Waals surface area contributed by atoms with Gasteiger partial charge in [0, 0.05) is 38.9 Å². The molecule has 9 nitrogen and oxygen atoms in total. The number of carbonyl (C=O) groups is 3. The molecule has 2 aliphatic heterocycles. The summed E-state index contributed by atoms with van der Waals surface area (Å²) in [6, 6.07) is 6.35. The van der Waals surface area contributed by atoms with Crippen LogP contribution in [-0.2, 0) is 22.3 Å². The zero-order chi connectivity index (χ0) is 25.9. The molecule has 2 saturated heterocycles. The summed E-state index contributed by atoms with van der Waals surface area (Å²) in [5.74, 6) is -0.958. The maximum absolute atomic E-state index is 13.0. The van der Waals surface area contributed by atoms with Gasteiger partial charge in [-0.3, -0.25) is 24.4 Å². The van der Waals surface area contributed by atoms with Gasteiger partial charge in [0.1, 0.15) is 36.5 Å². The third-order valence-electron chi connectivity index (χ3n) is 5.89. The van der Waals surface area contributed by atoms with E-state index < -0.39 is 42.3 Å². The predicted octanol–water partition coefficient (Wildman–Crippen LogP) is 1.88. The second-order valence-electron chi connectivity index (χ2n) is 8.35. The first-order chi connectivity index (χ1) is 17.1. The number of nitrogens with one attached hydrogen (secondary N) is 1. The third kappa shape index (κ3) is 5.90. The highest BCUT2D eigenvalue weighted by Crippen LogP contribution is 2.27. The van der Waals surface area contributed by atoms with E-state index >= 15 is 0 Å².